The van der Waals surface area contributed by atoms with Crippen LogP contribution in [0.5, 0.6) is 0 Å². The largest absolute Gasteiger partial charge is 0.422 e. The maximum Gasteiger partial charge on any atom is 0.422 e. The van der Waals surface area contributed by atoms with Crippen LogP contribution >= 0.6 is 0 Å². The molecule has 0 amide bonds. The molecule has 0 bridgehead atoms. The van der Waals surface area contributed by atoms with E-state index in [-0.39, 0.29) is 0 Å². The number of aryl methyl sites for hydroxylation is 1. The van der Waals surface area contributed by atoms with Gasteiger partial charge < -0.3 is 0 Å². The van der Waals surface area contributed by atoms with Gasteiger partial charge in [-0.1, -0.05) is 19.1 Å². The van der Waals surface area contributed by atoms with Gasteiger partial charge in [-0.3, -0.25) is 0 Å². The Hall–Kier alpha value is -1.39. The Balaban J connectivity index is 1.91. The third-order valence-corrected chi connectivity index (χ3v) is 4.76. The Morgan fingerprint density at radius 2 is 1.62 bits per heavy atom. The van der Waals surface area contributed by atoms with Crippen LogP contribution in [0.4, 0.5) is 22.0 Å². The third kappa shape index (κ3) is 5.05. The van der Waals surface area contributed by atoms with Gasteiger partial charge in [0.05, 0.1) is 0 Å². The van der Waals surface area contributed by atoms with Crippen LogP contribution in [0.1, 0.15) is 56.6 Å². The van der Waals surface area contributed by atoms with Gasteiger partial charge in [-0.25, -0.2) is 8.78 Å². The summed E-state index contributed by atoms with van der Waals surface area (Å²) in [5, 5.41) is 0. The van der Waals surface area contributed by atoms with Crippen molar-refractivity contribution in [3.8, 4) is 0 Å². The summed E-state index contributed by atoms with van der Waals surface area (Å²) < 4.78 is 64.8. The van der Waals surface area contributed by atoms with Crippen LogP contribution in [0.25, 0.3) is 0 Å². The van der Waals surface area contributed by atoms with Crippen molar-refractivity contribution < 1.29 is 22.0 Å². The fourth-order valence-corrected chi connectivity index (χ4v) is 3.41. The molecule has 0 aliphatic heterocycles. The number of benzene rings is 1. The average Bonchev–Trinajstić information content (AvgIpc) is 2.50. The molecule has 0 atom stereocenters. The molecule has 0 nitrogen and oxygen atoms in total. The van der Waals surface area contributed by atoms with Crippen LogP contribution in [-0.4, -0.2) is 0 Å². The van der Waals surface area contributed by atoms with Gasteiger partial charge in [-0.05, 0) is 74.5 Å². The van der Waals surface area contributed by atoms with E-state index in [0.717, 1.165) is 50.7 Å². The zero-order valence-corrected chi connectivity index (χ0v) is 13.8. The van der Waals surface area contributed by atoms with Crippen LogP contribution in [-0.2, 0) is 12.6 Å². The lowest BCUT2D eigenvalue weighted by Gasteiger charge is -2.26. The van der Waals surface area contributed by atoms with E-state index in [9.17, 15) is 22.0 Å². The lowest BCUT2D eigenvalue weighted by Crippen LogP contribution is -2.14. The van der Waals surface area contributed by atoms with Crippen molar-refractivity contribution in [3.05, 3.63) is 47.0 Å². The summed E-state index contributed by atoms with van der Waals surface area (Å²) in [6.07, 6.45) is 5.97. The molecule has 0 radical (unpaired) electrons. The maximum atomic E-state index is 13.6. The van der Waals surface area contributed by atoms with Crippen molar-refractivity contribution in [2.45, 2.75) is 58.0 Å². The van der Waals surface area contributed by atoms with Gasteiger partial charge in [0.25, 0.3) is 0 Å². The highest BCUT2D eigenvalue weighted by Crippen LogP contribution is 2.35. The first kappa shape index (κ1) is 18.9. The SMILES string of the molecule is CCC=CC1CCC(CCc2cc(F)c(C(F)(F)F)c(F)c2)CC1. The molecule has 1 aliphatic rings. The van der Waals surface area contributed by atoms with Crippen molar-refractivity contribution >= 4 is 0 Å². The normalized spacial score (nSPS) is 22.2. The average molecular weight is 346 g/mol. The van der Waals surface area contributed by atoms with Crippen molar-refractivity contribution in [2.24, 2.45) is 11.8 Å². The summed E-state index contributed by atoms with van der Waals surface area (Å²) in [5.74, 6) is -1.95. The fraction of sp³-hybridized carbons (Fsp3) is 0.579. The molecule has 24 heavy (non-hydrogen) atoms. The highest BCUT2D eigenvalue weighted by atomic mass is 19.4. The second-order valence-corrected chi connectivity index (χ2v) is 6.59. The lowest BCUT2D eigenvalue weighted by atomic mass is 9.79. The minimum atomic E-state index is -5.00. The lowest BCUT2D eigenvalue weighted by molar-refractivity contribution is -0.142. The molecule has 1 saturated carbocycles. The molecule has 0 heterocycles. The number of alkyl halides is 3. The molecule has 1 fully saturated rings. The molecule has 0 saturated heterocycles. The van der Waals surface area contributed by atoms with Gasteiger partial charge >= 0.3 is 6.18 Å². The van der Waals surface area contributed by atoms with Gasteiger partial charge in [0.1, 0.15) is 17.2 Å². The van der Waals surface area contributed by atoms with Crippen molar-refractivity contribution in [1.29, 1.82) is 0 Å². The van der Waals surface area contributed by atoms with Gasteiger partial charge in [0.2, 0.25) is 0 Å². The van der Waals surface area contributed by atoms with E-state index >= 15 is 0 Å². The van der Waals surface area contributed by atoms with E-state index in [0.29, 0.717) is 23.8 Å². The first-order valence-corrected chi connectivity index (χ1v) is 8.53. The van der Waals surface area contributed by atoms with E-state index in [1.54, 1.807) is 0 Å². The van der Waals surface area contributed by atoms with Crippen molar-refractivity contribution in [3.63, 3.8) is 0 Å². The molecule has 1 aromatic carbocycles. The van der Waals surface area contributed by atoms with Crippen LogP contribution < -0.4 is 0 Å². The molecule has 2 rings (SSSR count). The molecular formula is C19H23F5. The Kier molecular flexibility index (Phi) is 6.41. The highest BCUT2D eigenvalue weighted by molar-refractivity contribution is 5.28. The van der Waals surface area contributed by atoms with E-state index in [1.807, 2.05) is 0 Å². The van der Waals surface area contributed by atoms with Gasteiger partial charge in [-0.2, -0.15) is 13.2 Å². The van der Waals surface area contributed by atoms with Crippen LogP contribution in [0.15, 0.2) is 24.3 Å². The van der Waals surface area contributed by atoms with Crippen LogP contribution in [0.3, 0.4) is 0 Å². The standard InChI is InChI=1S/C19H23F5/c1-2-3-4-13-5-7-14(8-6-13)9-10-15-11-16(20)18(17(21)12-15)19(22,23)24/h3-4,11-14H,2,5-10H2,1H3. The summed E-state index contributed by atoms with van der Waals surface area (Å²) in [6, 6.07) is 1.64. The third-order valence-electron chi connectivity index (χ3n) is 4.76. The van der Waals surface area contributed by atoms with E-state index in [4.69, 9.17) is 0 Å². The quantitative estimate of drug-likeness (QED) is 0.411. The molecule has 0 N–H and O–H groups in total. The summed E-state index contributed by atoms with van der Waals surface area (Å²) in [6.45, 7) is 2.10. The topological polar surface area (TPSA) is 0 Å². The molecule has 0 spiro atoms. The first-order valence-electron chi connectivity index (χ1n) is 8.53. The Morgan fingerprint density at radius 3 is 2.12 bits per heavy atom. The van der Waals surface area contributed by atoms with E-state index in [1.165, 1.54) is 0 Å². The Morgan fingerprint density at radius 1 is 1.04 bits per heavy atom. The maximum absolute atomic E-state index is 13.6. The van der Waals surface area contributed by atoms with Crippen LogP contribution in [0, 0.1) is 23.5 Å². The molecule has 0 unspecified atom stereocenters. The fourth-order valence-electron chi connectivity index (χ4n) is 3.41. The van der Waals surface area contributed by atoms with E-state index < -0.39 is 23.4 Å². The predicted octanol–water partition coefficient (Wildman–Crippen LogP) is 6.69. The van der Waals surface area contributed by atoms with Crippen molar-refractivity contribution in [1.82, 2.24) is 0 Å². The van der Waals surface area contributed by atoms with Gasteiger partial charge in [-0.15, -0.1) is 0 Å². The second-order valence-electron chi connectivity index (χ2n) is 6.59. The minimum Gasteiger partial charge on any atom is -0.206 e. The van der Waals surface area contributed by atoms with E-state index in [2.05, 4.69) is 19.1 Å². The summed E-state index contributed by atoms with van der Waals surface area (Å²) in [4.78, 5) is 0. The molecule has 5 heteroatoms. The molecular weight excluding hydrogens is 323 g/mol. The smallest absolute Gasteiger partial charge is 0.206 e. The Labute approximate surface area is 139 Å². The molecule has 1 aliphatic carbocycles. The van der Waals surface area contributed by atoms with Gasteiger partial charge in [0.15, 0.2) is 0 Å². The monoisotopic (exact) mass is 346 g/mol. The summed E-state index contributed by atoms with van der Waals surface area (Å²) in [7, 11) is 0. The van der Waals surface area contributed by atoms with Crippen LogP contribution in [0.2, 0.25) is 0 Å². The molecule has 1 aromatic rings. The summed E-state index contributed by atoms with van der Waals surface area (Å²) in [5.41, 5.74) is -1.50. The second kappa shape index (κ2) is 8.13. The number of hydrogen-bond donors (Lipinski definition) is 0. The number of allylic oxidation sites excluding steroid dienone is 2. The Bertz CT molecular complexity index is 543. The molecule has 0 aromatic heterocycles. The predicted molar refractivity (Wildman–Crippen MR) is 84.6 cm³/mol. The van der Waals surface area contributed by atoms with Gasteiger partial charge in [0, 0.05) is 0 Å². The number of hydrogen-bond acceptors (Lipinski definition) is 0. The number of rotatable bonds is 5. The highest BCUT2D eigenvalue weighted by Gasteiger charge is 2.37. The zero-order chi connectivity index (χ0) is 17.7. The van der Waals surface area contributed by atoms with Crippen molar-refractivity contribution in [2.75, 3.05) is 0 Å². The zero-order valence-electron chi connectivity index (χ0n) is 13.8. The first-order chi connectivity index (χ1) is 11.3. The summed E-state index contributed by atoms with van der Waals surface area (Å²) >= 11 is 0. The molecule has 134 valence electrons. The minimum absolute atomic E-state index is 0.297. The number of halogens is 5.